The van der Waals surface area contributed by atoms with Gasteiger partial charge < -0.3 is 10.7 Å². The molecular formula is C14H13N3OS. The van der Waals surface area contributed by atoms with Crippen molar-refractivity contribution in [2.24, 2.45) is 5.73 Å². The third kappa shape index (κ3) is 2.07. The largest absolute Gasteiger partial charge is 0.360 e. The lowest BCUT2D eigenvalue weighted by Gasteiger charge is -1.98. The lowest BCUT2D eigenvalue weighted by atomic mass is 10.1. The van der Waals surface area contributed by atoms with E-state index in [0.717, 1.165) is 15.9 Å². The van der Waals surface area contributed by atoms with E-state index in [1.54, 1.807) is 11.6 Å². The third-order valence-electron chi connectivity index (χ3n) is 2.98. The van der Waals surface area contributed by atoms with E-state index >= 15 is 0 Å². The van der Waals surface area contributed by atoms with Gasteiger partial charge in [0, 0.05) is 28.0 Å². The maximum absolute atomic E-state index is 12.4. The fourth-order valence-corrected chi connectivity index (χ4v) is 2.76. The summed E-state index contributed by atoms with van der Waals surface area (Å²) < 4.78 is 0. The summed E-state index contributed by atoms with van der Waals surface area (Å²) in [5, 5.41) is 3.47. The Hall–Kier alpha value is -1.98. The van der Waals surface area contributed by atoms with Crippen molar-refractivity contribution in [2.45, 2.75) is 13.0 Å². The topological polar surface area (TPSA) is 71.8 Å². The molecule has 0 spiro atoms. The van der Waals surface area contributed by atoms with Gasteiger partial charge in [-0.2, -0.15) is 0 Å². The molecule has 0 saturated heterocycles. The smallest absolute Gasteiger partial charge is 0.214 e. The molecule has 5 heteroatoms. The van der Waals surface area contributed by atoms with Crippen LogP contribution in [0.15, 0.2) is 35.8 Å². The van der Waals surface area contributed by atoms with Crippen molar-refractivity contribution in [1.82, 2.24) is 9.97 Å². The van der Waals surface area contributed by atoms with Gasteiger partial charge in [0.1, 0.15) is 10.7 Å². The van der Waals surface area contributed by atoms with Crippen LogP contribution in [-0.2, 0) is 0 Å². The minimum absolute atomic E-state index is 0.0689. The van der Waals surface area contributed by atoms with E-state index in [0.29, 0.717) is 11.3 Å². The van der Waals surface area contributed by atoms with Crippen LogP contribution >= 0.6 is 11.3 Å². The highest BCUT2D eigenvalue weighted by Gasteiger charge is 2.17. The molecule has 0 radical (unpaired) electrons. The number of aromatic nitrogens is 2. The number of carbonyl (C=O) groups excluding carboxylic acids is 1. The normalized spacial score (nSPS) is 12.7. The number of hydrogen-bond acceptors (Lipinski definition) is 4. The molecule has 0 aliphatic rings. The number of hydrogen-bond donors (Lipinski definition) is 2. The molecule has 2 aromatic heterocycles. The minimum Gasteiger partial charge on any atom is -0.360 e. The van der Waals surface area contributed by atoms with Gasteiger partial charge in [-0.15, -0.1) is 11.3 Å². The number of rotatable bonds is 3. The maximum atomic E-state index is 12.4. The molecule has 1 aromatic carbocycles. The average Bonchev–Trinajstić information content (AvgIpc) is 3.05. The first-order chi connectivity index (χ1) is 9.16. The van der Waals surface area contributed by atoms with Crippen molar-refractivity contribution in [1.29, 1.82) is 0 Å². The van der Waals surface area contributed by atoms with Gasteiger partial charge in [0.15, 0.2) is 0 Å². The molecule has 3 rings (SSSR count). The van der Waals surface area contributed by atoms with E-state index < -0.39 is 0 Å². The molecule has 4 nitrogen and oxygen atoms in total. The molecular weight excluding hydrogens is 258 g/mol. The predicted octanol–water partition coefficient (Wildman–Crippen LogP) is 2.88. The summed E-state index contributed by atoms with van der Waals surface area (Å²) in [7, 11) is 0. The average molecular weight is 271 g/mol. The Morgan fingerprint density at radius 2 is 2.21 bits per heavy atom. The zero-order valence-electron chi connectivity index (χ0n) is 10.4. The number of para-hydroxylation sites is 1. The standard InChI is InChI=1S/C14H13N3OS/c1-8(15)14-17-12(7-19-14)13(18)10-6-16-11-5-3-2-4-9(10)11/h2-8,16H,15H2,1H3. The summed E-state index contributed by atoms with van der Waals surface area (Å²) in [6, 6.07) is 7.58. The molecule has 96 valence electrons. The second-order valence-electron chi connectivity index (χ2n) is 4.44. The number of benzene rings is 1. The van der Waals surface area contributed by atoms with Gasteiger partial charge in [-0.25, -0.2) is 4.98 Å². The number of fused-ring (bicyclic) bond motifs is 1. The van der Waals surface area contributed by atoms with Crippen LogP contribution in [0.5, 0.6) is 0 Å². The van der Waals surface area contributed by atoms with Crippen LogP contribution in [0.3, 0.4) is 0 Å². The SMILES string of the molecule is CC(N)c1nc(C(=O)c2c[nH]c3ccccc23)cs1. The Kier molecular flexibility index (Phi) is 2.93. The van der Waals surface area contributed by atoms with E-state index in [-0.39, 0.29) is 11.8 Å². The van der Waals surface area contributed by atoms with Crippen molar-refractivity contribution < 1.29 is 4.79 Å². The quantitative estimate of drug-likeness (QED) is 0.719. The Morgan fingerprint density at radius 3 is 2.95 bits per heavy atom. The highest BCUT2D eigenvalue weighted by atomic mass is 32.1. The number of nitrogens with one attached hydrogen (secondary N) is 1. The summed E-state index contributed by atoms with van der Waals surface area (Å²) >= 11 is 1.42. The molecule has 0 fully saturated rings. The van der Waals surface area contributed by atoms with E-state index in [9.17, 15) is 4.79 Å². The van der Waals surface area contributed by atoms with Crippen LogP contribution in [-0.4, -0.2) is 15.8 Å². The molecule has 1 atom stereocenters. The molecule has 2 heterocycles. The van der Waals surface area contributed by atoms with Crippen LogP contribution in [0.4, 0.5) is 0 Å². The first-order valence-corrected chi connectivity index (χ1v) is 6.86. The Balaban J connectivity index is 2.03. The second-order valence-corrected chi connectivity index (χ2v) is 5.33. The first kappa shape index (κ1) is 12.1. The molecule has 0 saturated carbocycles. The van der Waals surface area contributed by atoms with Crippen molar-refractivity contribution in [2.75, 3.05) is 0 Å². The van der Waals surface area contributed by atoms with Gasteiger partial charge in [-0.05, 0) is 13.0 Å². The summed E-state index contributed by atoms with van der Waals surface area (Å²) in [5.74, 6) is -0.0689. The monoisotopic (exact) mass is 271 g/mol. The van der Waals surface area contributed by atoms with Crippen molar-refractivity contribution in [3.8, 4) is 0 Å². The summed E-state index contributed by atoms with van der Waals surface area (Å²) in [6.07, 6.45) is 1.73. The molecule has 3 N–H and O–H groups in total. The van der Waals surface area contributed by atoms with E-state index in [4.69, 9.17) is 5.73 Å². The lowest BCUT2D eigenvalue weighted by molar-refractivity contribution is 0.103. The molecule has 1 unspecified atom stereocenters. The van der Waals surface area contributed by atoms with Crippen LogP contribution < -0.4 is 5.73 Å². The van der Waals surface area contributed by atoms with Gasteiger partial charge in [0.05, 0.1) is 6.04 Å². The predicted molar refractivity (Wildman–Crippen MR) is 76.4 cm³/mol. The third-order valence-corrected chi connectivity index (χ3v) is 4.02. The number of nitrogens with zero attached hydrogens (tertiary/aromatic N) is 1. The summed E-state index contributed by atoms with van der Waals surface area (Å²) in [4.78, 5) is 19.8. The molecule has 0 bridgehead atoms. The zero-order valence-corrected chi connectivity index (χ0v) is 11.2. The van der Waals surface area contributed by atoms with E-state index in [1.807, 2.05) is 31.2 Å². The molecule has 0 amide bonds. The molecule has 0 aliphatic carbocycles. The fraction of sp³-hybridized carbons (Fsp3) is 0.143. The number of thiazole rings is 1. The van der Waals surface area contributed by atoms with E-state index in [2.05, 4.69) is 9.97 Å². The lowest BCUT2D eigenvalue weighted by Crippen LogP contribution is -2.06. The molecule has 0 aliphatic heterocycles. The van der Waals surface area contributed by atoms with Crippen LogP contribution in [0.1, 0.15) is 34.0 Å². The Morgan fingerprint density at radius 1 is 1.42 bits per heavy atom. The highest BCUT2D eigenvalue weighted by molar-refractivity contribution is 7.09. The van der Waals surface area contributed by atoms with Crippen molar-refractivity contribution in [3.05, 3.63) is 52.1 Å². The van der Waals surface area contributed by atoms with Gasteiger partial charge >= 0.3 is 0 Å². The number of nitrogens with two attached hydrogens (primary N) is 1. The molecule has 3 aromatic rings. The van der Waals surface area contributed by atoms with Crippen LogP contribution in [0.25, 0.3) is 10.9 Å². The zero-order chi connectivity index (χ0) is 13.4. The summed E-state index contributed by atoms with van der Waals surface area (Å²) in [5.41, 5.74) is 7.83. The first-order valence-electron chi connectivity index (χ1n) is 5.98. The van der Waals surface area contributed by atoms with E-state index in [1.165, 1.54) is 11.3 Å². The van der Waals surface area contributed by atoms with Crippen LogP contribution in [0.2, 0.25) is 0 Å². The fourth-order valence-electron chi connectivity index (χ4n) is 2.00. The summed E-state index contributed by atoms with van der Waals surface area (Å²) in [6.45, 7) is 1.86. The minimum atomic E-state index is -0.144. The molecule has 19 heavy (non-hydrogen) atoms. The Labute approximate surface area is 114 Å². The van der Waals surface area contributed by atoms with Gasteiger partial charge in [0.2, 0.25) is 5.78 Å². The maximum Gasteiger partial charge on any atom is 0.214 e. The van der Waals surface area contributed by atoms with Crippen LogP contribution in [0, 0.1) is 0 Å². The highest BCUT2D eigenvalue weighted by Crippen LogP contribution is 2.23. The number of aromatic amines is 1. The number of carbonyl (C=O) groups is 1. The Bertz CT molecular complexity index is 742. The van der Waals surface area contributed by atoms with Crippen molar-refractivity contribution in [3.63, 3.8) is 0 Å². The second kappa shape index (κ2) is 4.60. The number of ketones is 1. The van der Waals surface area contributed by atoms with Crippen molar-refractivity contribution >= 4 is 28.0 Å². The van der Waals surface area contributed by atoms with Gasteiger partial charge in [-0.3, -0.25) is 4.79 Å². The van der Waals surface area contributed by atoms with Gasteiger partial charge in [-0.1, -0.05) is 18.2 Å². The van der Waals surface area contributed by atoms with Gasteiger partial charge in [0.25, 0.3) is 0 Å². The number of H-pyrrole nitrogens is 1.